The number of carbonyl (C=O) groups is 2. The van der Waals surface area contributed by atoms with Gasteiger partial charge in [-0.25, -0.2) is 0 Å². The van der Waals surface area contributed by atoms with E-state index in [0.29, 0.717) is 19.4 Å². The molecule has 0 bridgehead atoms. The highest BCUT2D eigenvalue weighted by Gasteiger charge is 2.18. The standard InChI is InChI=1S/C62H117NO5/c1-3-5-7-9-11-13-15-30-34-38-42-46-50-54-60(65)59(58-64)63-61(66)55-51-47-43-39-35-32-28-26-24-22-20-18-17-19-21-23-25-27-29-33-37-41-45-49-53-57-68-62(67)56-52-48-44-40-36-31-16-14-12-10-8-6-4-2/h18-21,50,54,59-60,64-65H,3-17,22-49,51-53,55-58H2,1-2H3,(H,63,66)/b20-18-,21-19-,54-50+. The maximum Gasteiger partial charge on any atom is 0.305 e. The topological polar surface area (TPSA) is 95.9 Å². The second-order valence-corrected chi connectivity index (χ2v) is 20.7. The molecule has 6 heteroatoms. The summed E-state index contributed by atoms with van der Waals surface area (Å²) in [6, 6.07) is -0.632. The number of aliphatic hydroxyl groups is 2. The summed E-state index contributed by atoms with van der Waals surface area (Å²) in [6.45, 7) is 4.90. The van der Waals surface area contributed by atoms with Gasteiger partial charge < -0.3 is 20.3 Å². The smallest absolute Gasteiger partial charge is 0.305 e. The molecule has 0 aromatic carbocycles. The van der Waals surface area contributed by atoms with Crippen LogP contribution in [0.3, 0.4) is 0 Å². The minimum Gasteiger partial charge on any atom is -0.466 e. The zero-order chi connectivity index (χ0) is 49.3. The first-order valence-electron chi connectivity index (χ1n) is 30.3. The SMILES string of the molecule is CCCCCCCCCCCCC/C=C/C(O)C(CO)NC(=O)CCCCCCCCCCC/C=C\C/C=C\CCCCCCCCCCCOC(=O)CCCCCCCCCCCCCCC. The summed E-state index contributed by atoms with van der Waals surface area (Å²) in [5.41, 5.74) is 0. The summed E-state index contributed by atoms with van der Waals surface area (Å²) in [5, 5.41) is 23.1. The number of hydrogen-bond acceptors (Lipinski definition) is 5. The third-order valence-corrected chi connectivity index (χ3v) is 13.9. The van der Waals surface area contributed by atoms with E-state index in [0.717, 1.165) is 44.9 Å². The quantitative estimate of drug-likeness (QED) is 0.0321. The van der Waals surface area contributed by atoms with Crippen LogP contribution in [0.2, 0.25) is 0 Å². The fourth-order valence-electron chi connectivity index (χ4n) is 9.25. The van der Waals surface area contributed by atoms with Gasteiger partial charge in [0.05, 0.1) is 25.4 Å². The van der Waals surface area contributed by atoms with Crippen LogP contribution in [0.1, 0.15) is 322 Å². The van der Waals surface area contributed by atoms with Crippen molar-refractivity contribution < 1.29 is 24.5 Å². The van der Waals surface area contributed by atoms with Crippen molar-refractivity contribution in [2.24, 2.45) is 0 Å². The second-order valence-electron chi connectivity index (χ2n) is 20.7. The fraction of sp³-hybridized carbons (Fsp3) is 0.871. The molecule has 3 N–H and O–H groups in total. The maximum absolute atomic E-state index is 12.4. The van der Waals surface area contributed by atoms with Crippen molar-refractivity contribution in [3.63, 3.8) is 0 Å². The fourth-order valence-corrected chi connectivity index (χ4v) is 9.25. The largest absolute Gasteiger partial charge is 0.466 e. The van der Waals surface area contributed by atoms with Crippen LogP contribution in [0.15, 0.2) is 36.5 Å². The van der Waals surface area contributed by atoms with Gasteiger partial charge in [0.1, 0.15) is 0 Å². The van der Waals surface area contributed by atoms with E-state index in [2.05, 4.69) is 43.5 Å². The molecule has 0 rings (SSSR count). The van der Waals surface area contributed by atoms with E-state index in [1.807, 2.05) is 6.08 Å². The summed E-state index contributed by atoms with van der Waals surface area (Å²) < 4.78 is 5.47. The molecule has 2 atom stereocenters. The van der Waals surface area contributed by atoms with Crippen LogP contribution in [-0.4, -0.2) is 47.4 Å². The van der Waals surface area contributed by atoms with Crippen molar-refractivity contribution in [1.29, 1.82) is 0 Å². The molecular weight excluding hydrogens is 839 g/mol. The highest BCUT2D eigenvalue weighted by Crippen LogP contribution is 2.17. The van der Waals surface area contributed by atoms with Crippen LogP contribution >= 0.6 is 0 Å². The molecule has 1 amide bonds. The van der Waals surface area contributed by atoms with E-state index in [1.54, 1.807) is 6.08 Å². The molecule has 0 saturated heterocycles. The molecule has 0 fully saturated rings. The molecule has 0 spiro atoms. The summed E-state index contributed by atoms with van der Waals surface area (Å²) >= 11 is 0. The van der Waals surface area contributed by atoms with Gasteiger partial charge in [-0.1, -0.05) is 281 Å². The molecule has 0 aromatic heterocycles. The van der Waals surface area contributed by atoms with Crippen molar-refractivity contribution in [2.45, 2.75) is 334 Å². The minimum absolute atomic E-state index is 0.00992. The minimum atomic E-state index is -0.848. The number of hydrogen-bond donors (Lipinski definition) is 3. The molecule has 400 valence electrons. The van der Waals surface area contributed by atoms with Crippen LogP contribution in [0.25, 0.3) is 0 Å². The molecule has 0 aliphatic carbocycles. The lowest BCUT2D eigenvalue weighted by Gasteiger charge is -2.20. The first-order chi connectivity index (χ1) is 33.5. The third-order valence-electron chi connectivity index (χ3n) is 13.9. The molecule has 68 heavy (non-hydrogen) atoms. The van der Waals surface area contributed by atoms with Crippen LogP contribution < -0.4 is 5.32 Å². The Morgan fingerprint density at radius 2 is 0.735 bits per heavy atom. The average molecular weight is 957 g/mol. The molecule has 0 heterocycles. The number of carbonyl (C=O) groups excluding carboxylic acids is 2. The number of rotatable bonds is 56. The van der Waals surface area contributed by atoms with E-state index in [4.69, 9.17) is 4.74 Å². The van der Waals surface area contributed by atoms with Crippen LogP contribution in [0, 0.1) is 0 Å². The Hall–Kier alpha value is -1.92. The van der Waals surface area contributed by atoms with Crippen LogP contribution in [0.5, 0.6) is 0 Å². The van der Waals surface area contributed by atoms with E-state index in [9.17, 15) is 19.8 Å². The Morgan fingerprint density at radius 3 is 1.12 bits per heavy atom. The summed E-state index contributed by atoms with van der Waals surface area (Å²) in [7, 11) is 0. The summed E-state index contributed by atoms with van der Waals surface area (Å²) in [4.78, 5) is 24.5. The molecule has 0 aliphatic heterocycles. The van der Waals surface area contributed by atoms with E-state index >= 15 is 0 Å². The molecule has 2 unspecified atom stereocenters. The average Bonchev–Trinajstić information content (AvgIpc) is 3.34. The number of aliphatic hydroxyl groups excluding tert-OH is 2. The zero-order valence-electron chi connectivity index (χ0n) is 45.6. The van der Waals surface area contributed by atoms with E-state index < -0.39 is 12.1 Å². The van der Waals surface area contributed by atoms with Crippen molar-refractivity contribution in [1.82, 2.24) is 5.32 Å². The predicted molar refractivity (Wildman–Crippen MR) is 296 cm³/mol. The Labute approximate surface area is 424 Å². The van der Waals surface area contributed by atoms with Crippen molar-refractivity contribution in [3.05, 3.63) is 36.5 Å². The second kappa shape index (κ2) is 57.7. The Kier molecular flexibility index (Phi) is 56.0. The van der Waals surface area contributed by atoms with Gasteiger partial charge in [0, 0.05) is 12.8 Å². The van der Waals surface area contributed by atoms with Gasteiger partial charge in [-0.05, 0) is 64.2 Å². The van der Waals surface area contributed by atoms with Crippen LogP contribution in [0.4, 0.5) is 0 Å². The van der Waals surface area contributed by atoms with Gasteiger partial charge in [-0.3, -0.25) is 9.59 Å². The summed E-state index contributed by atoms with van der Waals surface area (Å²) in [6.07, 6.45) is 71.8. The number of allylic oxidation sites excluding steroid dienone is 5. The van der Waals surface area contributed by atoms with Crippen LogP contribution in [-0.2, 0) is 14.3 Å². The van der Waals surface area contributed by atoms with Gasteiger partial charge in [0.25, 0.3) is 0 Å². The number of esters is 1. The molecule has 0 radical (unpaired) electrons. The van der Waals surface area contributed by atoms with Gasteiger partial charge >= 0.3 is 5.97 Å². The number of ether oxygens (including phenoxy) is 1. The third kappa shape index (κ3) is 53.4. The van der Waals surface area contributed by atoms with Crippen molar-refractivity contribution >= 4 is 11.9 Å². The molecule has 6 nitrogen and oxygen atoms in total. The predicted octanol–water partition coefficient (Wildman–Crippen LogP) is 18.8. The van der Waals surface area contributed by atoms with E-state index in [1.165, 1.54) is 250 Å². The lowest BCUT2D eigenvalue weighted by atomic mass is 10.0. The number of nitrogens with one attached hydrogen (secondary N) is 1. The van der Waals surface area contributed by atoms with Crippen molar-refractivity contribution in [3.8, 4) is 0 Å². The molecular formula is C62H117NO5. The zero-order valence-corrected chi connectivity index (χ0v) is 45.6. The first-order valence-corrected chi connectivity index (χ1v) is 30.3. The van der Waals surface area contributed by atoms with Gasteiger partial charge in [-0.15, -0.1) is 0 Å². The highest BCUT2D eigenvalue weighted by molar-refractivity contribution is 5.76. The Balaban J connectivity index is 3.45. The highest BCUT2D eigenvalue weighted by atomic mass is 16.5. The monoisotopic (exact) mass is 956 g/mol. The van der Waals surface area contributed by atoms with Crippen molar-refractivity contribution in [2.75, 3.05) is 13.2 Å². The molecule has 0 aliphatic rings. The Bertz CT molecular complexity index is 1100. The van der Waals surface area contributed by atoms with Gasteiger partial charge in [0.15, 0.2) is 0 Å². The Morgan fingerprint density at radius 1 is 0.412 bits per heavy atom. The van der Waals surface area contributed by atoms with E-state index in [-0.39, 0.29) is 18.5 Å². The maximum atomic E-state index is 12.4. The number of amides is 1. The molecule has 0 saturated carbocycles. The summed E-state index contributed by atoms with van der Waals surface area (Å²) in [5.74, 6) is -0.0641. The lowest BCUT2D eigenvalue weighted by molar-refractivity contribution is -0.143. The van der Waals surface area contributed by atoms with Gasteiger partial charge in [0.2, 0.25) is 5.91 Å². The number of unbranched alkanes of at least 4 members (excludes halogenated alkanes) is 41. The normalized spacial score (nSPS) is 12.8. The lowest BCUT2D eigenvalue weighted by Crippen LogP contribution is -2.45. The first kappa shape index (κ1) is 66.1. The molecule has 0 aromatic rings. The van der Waals surface area contributed by atoms with Gasteiger partial charge in [-0.2, -0.15) is 0 Å².